The molecule has 1 amide bonds. The number of carbonyl (C=O) groups excluding carboxylic acids is 2. The van der Waals surface area contributed by atoms with Crippen LogP contribution >= 0.6 is 22.7 Å². The van der Waals surface area contributed by atoms with E-state index < -0.39 is 11.6 Å². The third-order valence-corrected chi connectivity index (χ3v) is 7.37. The average molecular weight is 501 g/mol. The van der Waals surface area contributed by atoms with Crippen LogP contribution in [0.2, 0.25) is 0 Å². The van der Waals surface area contributed by atoms with Gasteiger partial charge < -0.3 is 4.74 Å². The summed E-state index contributed by atoms with van der Waals surface area (Å²) in [6, 6.07) is 16.2. The maximum Gasteiger partial charge on any atom is 0.326 e. The van der Waals surface area contributed by atoms with Gasteiger partial charge >= 0.3 is 5.97 Å². The van der Waals surface area contributed by atoms with E-state index >= 15 is 0 Å². The van der Waals surface area contributed by atoms with E-state index in [0.29, 0.717) is 11.5 Å². The number of hydrogen-bond donors (Lipinski definition) is 0. The first kappa shape index (κ1) is 23.2. The van der Waals surface area contributed by atoms with E-state index in [9.17, 15) is 9.59 Å². The number of amidine groups is 1. The highest BCUT2D eigenvalue weighted by molar-refractivity contribution is 7.17. The molecule has 4 aromatic rings. The van der Waals surface area contributed by atoms with Gasteiger partial charge in [-0.15, -0.1) is 22.7 Å². The predicted molar refractivity (Wildman–Crippen MR) is 146 cm³/mol. The van der Waals surface area contributed by atoms with Gasteiger partial charge in [-0.3, -0.25) is 14.5 Å². The van der Waals surface area contributed by atoms with Crippen molar-refractivity contribution in [3.05, 3.63) is 82.2 Å². The molecule has 0 saturated heterocycles. The molecular weight excluding hydrogens is 476 g/mol. The predicted octanol–water partition coefficient (Wildman–Crippen LogP) is 6.75. The minimum atomic E-state index is -0.642. The first-order valence-corrected chi connectivity index (χ1v) is 13.0. The van der Waals surface area contributed by atoms with Gasteiger partial charge in [-0.25, -0.2) is 4.99 Å². The fourth-order valence-electron chi connectivity index (χ4n) is 3.90. The lowest BCUT2D eigenvalue weighted by Gasteiger charge is -2.22. The van der Waals surface area contributed by atoms with Gasteiger partial charge in [-0.1, -0.05) is 36.4 Å². The lowest BCUT2D eigenvalue weighted by molar-refractivity contribution is -0.156. The van der Waals surface area contributed by atoms with Crippen LogP contribution in [-0.2, 0) is 14.3 Å². The van der Waals surface area contributed by atoms with E-state index in [1.807, 2.05) is 41.8 Å². The Kier molecular flexibility index (Phi) is 6.13. The topological polar surface area (TPSA) is 59.0 Å². The maximum absolute atomic E-state index is 13.4. The van der Waals surface area contributed by atoms with E-state index in [1.54, 1.807) is 55.6 Å². The summed E-state index contributed by atoms with van der Waals surface area (Å²) in [6.07, 6.45) is 5.53. The second-order valence-electron chi connectivity index (χ2n) is 9.19. The number of rotatable bonds is 5. The minimum Gasteiger partial charge on any atom is -0.459 e. The normalized spacial score (nSPS) is 15.6. The first-order chi connectivity index (χ1) is 16.8. The smallest absolute Gasteiger partial charge is 0.326 e. The van der Waals surface area contributed by atoms with Crippen molar-refractivity contribution in [3.8, 4) is 0 Å². The zero-order chi connectivity index (χ0) is 24.6. The van der Waals surface area contributed by atoms with E-state index in [2.05, 4.69) is 28.6 Å². The maximum atomic E-state index is 13.4. The van der Waals surface area contributed by atoms with Crippen molar-refractivity contribution < 1.29 is 14.3 Å². The zero-order valence-electron chi connectivity index (χ0n) is 19.6. The van der Waals surface area contributed by atoms with Gasteiger partial charge in [0.2, 0.25) is 0 Å². The average Bonchev–Trinajstić information content (AvgIpc) is 3.49. The molecule has 2 aromatic heterocycles. The van der Waals surface area contributed by atoms with E-state index in [4.69, 9.17) is 4.74 Å². The molecule has 0 aliphatic carbocycles. The molecular formula is C28H24N2O3S2. The van der Waals surface area contributed by atoms with Crippen LogP contribution in [-0.4, -0.2) is 34.8 Å². The third kappa shape index (κ3) is 4.97. The van der Waals surface area contributed by atoms with E-state index in [0.717, 1.165) is 26.6 Å². The number of nitrogens with zero attached hydrogens (tertiary/aromatic N) is 2. The van der Waals surface area contributed by atoms with Gasteiger partial charge in [-0.2, -0.15) is 0 Å². The highest BCUT2D eigenvalue weighted by atomic mass is 32.1. The van der Waals surface area contributed by atoms with Gasteiger partial charge in [0, 0.05) is 9.40 Å². The third-order valence-electron chi connectivity index (χ3n) is 5.41. The molecule has 2 aromatic carbocycles. The monoisotopic (exact) mass is 500 g/mol. The number of ether oxygens (including phenoxy) is 1. The molecule has 35 heavy (non-hydrogen) atoms. The van der Waals surface area contributed by atoms with Crippen LogP contribution in [0.3, 0.4) is 0 Å². The molecule has 1 aliphatic rings. The van der Waals surface area contributed by atoms with Crippen molar-refractivity contribution in [1.82, 2.24) is 4.90 Å². The Labute approximate surface area is 211 Å². The standard InChI is InChI=1S/C28H24N2O3S2/c1-28(2,3)33-26(31)15-30-25(13-12-18-16-34-23-10-6-4-8-20(18)23)29-22(27(30)32)14-19-17-35-24-11-7-5-9-21(19)24/h4-14,16-17H,15H2,1-3H3/b13-12+,22-14-. The lowest BCUT2D eigenvalue weighted by atomic mass is 10.1. The molecule has 0 atom stereocenters. The van der Waals surface area contributed by atoms with Crippen LogP contribution in [0, 0.1) is 0 Å². The number of thiophene rings is 2. The molecule has 0 unspecified atom stereocenters. The summed E-state index contributed by atoms with van der Waals surface area (Å²) in [6.45, 7) is 5.21. The summed E-state index contributed by atoms with van der Waals surface area (Å²) in [5.74, 6) is -0.377. The number of fused-ring (bicyclic) bond motifs is 2. The molecule has 0 radical (unpaired) electrons. The Morgan fingerprint density at radius 3 is 2.20 bits per heavy atom. The quantitative estimate of drug-likeness (QED) is 0.225. The van der Waals surface area contributed by atoms with Gasteiger partial charge in [0.05, 0.1) is 0 Å². The SMILES string of the molecule is CC(C)(C)OC(=O)CN1C(=O)/C(=C/c2csc3ccccc23)N=C1/C=C/c1csc2ccccc12. The minimum absolute atomic E-state index is 0.203. The number of benzene rings is 2. The fourth-order valence-corrected chi connectivity index (χ4v) is 5.75. The van der Waals surface area contributed by atoms with Gasteiger partial charge in [0.1, 0.15) is 23.7 Å². The molecule has 0 bridgehead atoms. The highest BCUT2D eigenvalue weighted by Gasteiger charge is 2.32. The Morgan fingerprint density at radius 1 is 0.943 bits per heavy atom. The zero-order valence-corrected chi connectivity index (χ0v) is 21.3. The Hall–Kier alpha value is -3.55. The summed E-state index contributed by atoms with van der Waals surface area (Å²) < 4.78 is 7.80. The molecule has 176 valence electrons. The molecule has 1 aliphatic heterocycles. The number of hydrogen-bond acceptors (Lipinski definition) is 6. The summed E-state index contributed by atoms with van der Waals surface area (Å²) in [7, 11) is 0. The Balaban J connectivity index is 1.50. The van der Waals surface area contributed by atoms with Crippen LogP contribution < -0.4 is 0 Å². The van der Waals surface area contributed by atoms with Crippen molar-refractivity contribution in [3.63, 3.8) is 0 Å². The van der Waals surface area contributed by atoms with Crippen molar-refractivity contribution in [1.29, 1.82) is 0 Å². The molecule has 0 saturated carbocycles. The second-order valence-corrected chi connectivity index (χ2v) is 11.0. The number of amides is 1. The van der Waals surface area contributed by atoms with Crippen molar-refractivity contribution in [2.45, 2.75) is 26.4 Å². The van der Waals surface area contributed by atoms with Crippen LogP contribution in [0.5, 0.6) is 0 Å². The second kappa shape index (κ2) is 9.24. The fraction of sp³-hybridized carbons (Fsp3) is 0.179. The summed E-state index contributed by atoms with van der Waals surface area (Å²) >= 11 is 3.29. The van der Waals surface area contributed by atoms with Crippen molar-refractivity contribution in [2.75, 3.05) is 6.54 Å². The lowest BCUT2D eigenvalue weighted by Crippen LogP contribution is -2.39. The largest absolute Gasteiger partial charge is 0.459 e. The van der Waals surface area contributed by atoms with Crippen molar-refractivity contribution >= 4 is 72.7 Å². The summed E-state index contributed by atoms with van der Waals surface area (Å²) in [5.41, 5.74) is 1.63. The Bertz CT molecular complexity index is 1530. The van der Waals surface area contributed by atoms with E-state index in [-0.39, 0.29) is 12.5 Å². The number of esters is 1. The first-order valence-electron chi connectivity index (χ1n) is 11.2. The van der Waals surface area contributed by atoms with Crippen LogP contribution in [0.1, 0.15) is 31.9 Å². The summed E-state index contributed by atoms with van der Waals surface area (Å²) in [4.78, 5) is 32.0. The molecule has 0 N–H and O–H groups in total. The molecule has 7 heteroatoms. The van der Waals surface area contributed by atoms with E-state index in [1.165, 1.54) is 9.60 Å². The van der Waals surface area contributed by atoms with Gasteiger partial charge in [0.15, 0.2) is 0 Å². The number of carbonyl (C=O) groups is 2. The molecule has 0 fully saturated rings. The molecule has 5 nitrogen and oxygen atoms in total. The summed E-state index contributed by atoms with van der Waals surface area (Å²) in [5, 5.41) is 6.30. The van der Waals surface area contributed by atoms with Gasteiger partial charge in [0.25, 0.3) is 5.91 Å². The Morgan fingerprint density at radius 2 is 1.54 bits per heavy atom. The van der Waals surface area contributed by atoms with Crippen LogP contribution in [0.25, 0.3) is 32.3 Å². The molecule has 0 spiro atoms. The van der Waals surface area contributed by atoms with Crippen molar-refractivity contribution in [2.24, 2.45) is 4.99 Å². The molecule has 5 rings (SSSR count). The molecule has 3 heterocycles. The number of aliphatic imine (C=N–C) groups is 1. The van der Waals surface area contributed by atoms with Crippen LogP contribution in [0.4, 0.5) is 0 Å². The highest BCUT2D eigenvalue weighted by Crippen LogP contribution is 2.30. The van der Waals surface area contributed by atoms with Gasteiger partial charge in [-0.05, 0) is 83.8 Å². The van der Waals surface area contributed by atoms with Crippen LogP contribution in [0.15, 0.2) is 76.1 Å².